The SMILES string of the molecule is Nc1nc(N)n2nc(-c3ccco3)c(C3CCN(Cc4ccccc4)C3)c2n1. The van der Waals surface area contributed by atoms with E-state index in [9.17, 15) is 0 Å². The zero-order chi connectivity index (χ0) is 19.1. The molecular formula is C20H21N7O. The van der Waals surface area contributed by atoms with E-state index in [1.54, 1.807) is 10.8 Å². The lowest BCUT2D eigenvalue weighted by atomic mass is 9.97. The molecule has 4 aromatic rings. The number of nitrogens with two attached hydrogens (primary N) is 2. The van der Waals surface area contributed by atoms with Crippen molar-refractivity contribution >= 4 is 17.5 Å². The van der Waals surface area contributed by atoms with E-state index in [0.717, 1.165) is 37.3 Å². The third kappa shape index (κ3) is 2.87. The third-order valence-electron chi connectivity index (χ3n) is 5.25. The van der Waals surface area contributed by atoms with Crippen LogP contribution in [0.4, 0.5) is 11.9 Å². The number of rotatable bonds is 4. The lowest BCUT2D eigenvalue weighted by molar-refractivity contribution is 0.327. The molecule has 142 valence electrons. The molecule has 1 atom stereocenters. The van der Waals surface area contributed by atoms with Crippen molar-refractivity contribution in [3.63, 3.8) is 0 Å². The number of nitrogen functional groups attached to an aromatic ring is 2. The summed E-state index contributed by atoms with van der Waals surface area (Å²) in [4.78, 5) is 10.9. The highest BCUT2D eigenvalue weighted by molar-refractivity contribution is 5.70. The van der Waals surface area contributed by atoms with Gasteiger partial charge in [-0.15, -0.1) is 0 Å². The average molecular weight is 375 g/mol. The van der Waals surface area contributed by atoms with Crippen LogP contribution in [0, 0.1) is 0 Å². The van der Waals surface area contributed by atoms with Gasteiger partial charge in [-0.1, -0.05) is 30.3 Å². The fourth-order valence-corrected chi connectivity index (χ4v) is 4.01. The molecule has 1 aromatic carbocycles. The number of likely N-dealkylation sites (tertiary alicyclic amines) is 1. The largest absolute Gasteiger partial charge is 0.463 e. The molecule has 0 bridgehead atoms. The minimum absolute atomic E-state index is 0.149. The quantitative estimate of drug-likeness (QED) is 0.564. The van der Waals surface area contributed by atoms with Crippen molar-refractivity contribution in [1.29, 1.82) is 0 Å². The highest BCUT2D eigenvalue weighted by Crippen LogP contribution is 2.37. The van der Waals surface area contributed by atoms with Gasteiger partial charge in [0.15, 0.2) is 11.4 Å². The van der Waals surface area contributed by atoms with E-state index < -0.39 is 0 Å². The summed E-state index contributed by atoms with van der Waals surface area (Å²) in [6.07, 6.45) is 2.65. The topological polar surface area (TPSA) is 111 Å². The van der Waals surface area contributed by atoms with Crippen molar-refractivity contribution in [3.8, 4) is 11.5 Å². The maximum atomic E-state index is 6.05. The van der Waals surface area contributed by atoms with Gasteiger partial charge in [0.25, 0.3) is 0 Å². The Hall–Kier alpha value is -3.39. The number of fused-ring (bicyclic) bond motifs is 1. The second kappa shape index (κ2) is 6.65. The molecule has 8 nitrogen and oxygen atoms in total. The molecule has 4 N–H and O–H groups in total. The Morgan fingerprint density at radius 2 is 1.93 bits per heavy atom. The fourth-order valence-electron chi connectivity index (χ4n) is 4.01. The number of benzene rings is 1. The molecule has 0 amide bonds. The first-order valence-electron chi connectivity index (χ1n) is 9.31. The summed E-state index contributed by atoms with van der Waals surface area (Å²) in [5.74, 6) is 1.33. The number of anilines is 2. The molecule has 0 aliphatic carbocycles. The highest BCUT2D eigenvalue weighted by atomic mass is 16.3. The molecule has 1 fully saturated rings. The summed E-state index contributed by atoms with van der Waals surface area (Å²) in [7, 11) is 0. The van der Waals surface area contributed by atoms with Gasteiger partial charge in [0, 0.05) is 24.6 Å². The number of nitrogens with zero attached hydrogens (tertiary/aromatic N) is 5. The standard InChI is InChI=1S/C20H21N7O/c21-19-23-18-16(14-8-9-26(12-14)11-13-5-2-1-3-6-13)17(15-7-4-10-28-15)25-27(18)20(22)24-19/h1-7,10,14H,8-9,11-12H2,(H4,21,22,23,24). The Morgan fingerprint density at radius 1 is 1.07 bits per heavy atom. The summed E-state index contributed by atoms with van der Waals surface area (Å²) in [6.45, 7) is 2.84. The Kier molecular flexibility index (Phi) is 3.98. The fraction of sp³-hybridized carbons (Fsp3) is 0.250. The maximum absolute atomic E-state index is 6.05. The van der Waals surface area contributed by atoms with E-state index in [2.05, 4.69) is 44.2 Å². The summed E-state index contributed by atoms with van der Waals surface area (Å²) in [5, 5.41) is 4.65. The van der Waals surface area contributed by atoms with Crippen molar-refractivity contribution in [2.45, 2.75) is 18.9 Å². The smallest absolute Gasteiger partial charge is 0.226 e. The van der Waals surface area contributed by atoms with Crippen molar-refractivity contribution < 1.29 is 4.42 Å². The minimum atomic E-state index is 0.149. The maximum Gasteiger partial charge on any atom is 0.226 e. The van der Waals surface area contributed by atoms with Crippen LogP contribution >= 0.6 is 0 Å². The van der Waals surface area contributed by atoms with E-state index in [4.69, 9.17) is 15.9 Å². The number of furan rings is 1. The van der Waals surface area contributed by atoms with Crippen molar-refractivity contribution in [2.75, 3.05) is 24.6 Å². The van der Waals surface area contributed by atoms with E-state index in [1.165, 1.54) is 5.56 Å². The third-order valence-corrected chi connectivity index (χ3v) is 5.25. The molecule has 4 heterocycles. The van der Waals surface area contributed by atoms with Gasteiger partial charge in [-0.3, -0.25) is 4.90 Å². The summed E-state index contributed by atoms with van der Waals surface area (Å²) >= 11 is 0. The van der Waals surface area contributed by atoms with Gasteiger partial charge in [0.2, 0.25) is 11.9 Å². The van der Waals surface area contributed by atoms with Crippen LogP contribution in [0.3, 0.4) is 0 Å². The van der Waals surface area contributed by atoms with Crippen LogP contribution in [-0.2, 0) is 6.54 Å². The minimum Gasteiger partial charge on any atom is -0.463 e. The van der Waals surface area contributed by atoms with Crippen LogP contribution in [-0.4, -0.2) is 37.6 Å². The molecule has 8 heteroatoms. The van der Waals surface area contributed by atoms with Gasteiger partial charge >= 0.3 is 0 Å². The zero-order valence-corrected chi connectivity index (χ0v) is 15.3. The Bertz CT molecular complexity index is 1100. The van der Waals surface area contributed by atoms with Gasteiger partial charge in [-0.2, -0.15) is 19.6 Å². The molecule has 0 saturated carbocycles. The van der Waals surface area contributed by atoms with Crippen molar-refractivity contribution in [3.05, 3.63) is 59.9 Å². The summed E-state index contributed by atoms with van der Waals surface area (Å²) in [5.41, 5.74) is 15.7. The van der Waals surface area contributed by atoms with E-state index >= 15 is 0 Å². The first-order valence-corrected chi connectivity index (χ1v) is 9.31. The van der Waals surface area contributed by atoms with Gasteiger partial charge in [0.1, 0.15) is 5.69 Å². The van der Waals surface area contributed by atoms with Crippen LogP contribution < -0.4 is 11.5 Å². The lowest BCUT2D eigenvalue weighted by Crippen LogP contribution is -2.19. The molecule has 1 unspecified atom stereocenters. The van der Waals surface area contributed by atoms with E-state index in [1.807, 2.05) is 18.2 Å². The van der Waals surface area contributed by atoms with Gasteiger partial charge in [0.05, 0.1) is 6.26 Å². The zero-order valence-electron chi connectivity index (χ0n) is 15.3. The Balaban J connectivity index is 1.54. The first kappa shape index (κ1) is 16.8. The second-order valence-electron chi connectivity index (χ2n) is 7.12. The molecule has 1 saturated heterocycles. The molecule has 3 aromatic heterocycles. The second-order valence-corrected chi connectivity index (χ2v) is 7.12. The van der Waals surface area contributed by atoms with Crippen LogP contribution in [0.2, 0.25) is 0 Å². The van der Waals surface area contributed by atoms with Crippen LogP contribution in [0.15, 0.2) is 53.1 Å². The van der Waals surface area contributed by atoms with Gasteiger partial charge in [-0.25, -0.2) is 0 Å². The predicted octanol–water partition coefficient (Wildman–Crippen LogP) is 2.54. The van der Waals surface area contributed by atoms with Crippen LogP contribution in [0.5, 0.6) is 0 Å². The molecule has 0 spiro atoms. The first-order chi connectivity index (χ1) is 13.7. The van der Waals surface area contributed by atoms with Crippen LogP contribution in [0.1, 0.15) is 23.5 Å². The summed E-state index contributed by atoms with van der Waals surface area (Å²) in [6, 6.07) is 14.3. The van der Waals surface area contributed by atoms with Crippen LogP contribution in [0.25, 0.3) is 17.1 Å². The molecule has 0 radical (unpaired) electrons. The normalized spacial score (nSPS) is 17.5. The molecule has 5 rings (SSSR count). The molecule has 28 heavy (non-hydrogen) atoms. The molecule has 1 aliphatic heterocycles. The molecular weight excluding hydrogens is 354 g/mol. The summed E-state index contributed by atoms with van der Waals surface area (Å²) < 4.78 is 7.19. The predicted molar refractivity (Wildman–Crippen MR) is 106 cm³/mol. The van der Waals surface area contributed by atoms with Crippen molar-refractivity contribution in [2.24, 2.45) is 0 Å². The average Bonchev–Trinajstić information content (AvgIpc) is 3.41. The number of hydrogen-bond donors (Lipinski definition) is 2. The van der Waals surface area contributed by atoms with Crippen molar-refractivity contribution in [1.82, 2.24) is 24.5 Å². The molecule has 1 aliphatic rings. The Labute approximate surface area is 161 Å². The lowest BCUT2D eigenvalue weighted by Gasteiger charge is -2.16. The van der Waals surface area contributed by atoms with Gasteiger partial charge in [-0.05, 0) is 30.7 Å². The monoisotopic (exact) mass is 375 g/mol. The Morgan fingerprint density at radius 3 is 2.71 bits per heavy atom. The number of hydrogen-bond acceptors (Lipinski definition) is 7. The van der Waals surface area contributed by atoms with E-state index in [-0.39, 0.29) is 17.8 Å². The van der Waals surface area contributed by atoms with E-state index in [0.29, 0.717) is 11.4 Å². The highest BCUT2D eigenvalue weighted by Gasteiger charge is 2.31. The number of aromatic nitrogens is 4. The van der Waals surface area contributed by atoms with Gasteiger partial charge < -0.3 is 15.9 Å².